The van der Waals surface area contributed by atoms with Gasteiger partial charge in [0.2, 0.25) is 0 Å². The fraction of sp³-hybridized carbons (Fsp3) is 0.500. The van der Waals surface area contributed by atoms with Crippen molar-refractivity contribution in [1.29, 1.82) is 0 Å². The molecular weight excluding hydrogens is 261 g/mol. The Balaban J connectivity index is 2.29. The summed E-state index contributed by atoms with van der Waals surface area (Å²) in [5.74, 6) is -0.292. The van der Waals surface area contributed by atoms with Crippen molar-refractivity contribution >= 4 is 11.8 Å². The zero-order valence-corrected chi connectivity index (χ0v) is 10.3. The van der Waals surface area contributed by atoms with Gasteiger partial charge in [0.15, 0.2) is 0 Å². The Hall–Kier alpha value is -1.79. The third kappa shape index (κ3) is 2.80. The van der Waals surface area contributed by atoms with E-state index < -0.39 is 23.9 Å². The quantitative estimate of drug-likeness (QED) is 0.776. The number of rotatable bonds is 2. The lowest BCUT2D eigenvalue weighted by Gasteiger charge is -2.24. The molecule has 0 radical (unpaired) electrons. The highest BCUT2D eigenvalue weighted by molar-refractivity contribution is 5.80. The highest BCUT2D eigenvalue weighted by Crippen LogP contribution is 2.31. The first-order valence-corrected chi connectivity index (χ1v) is 5.82. The number of hydrogen-bond acceptors (Lipinski definition) is 4. The molecule has 1 aromatic rings. The van der Waals surface area contributed by atoms with E-state index in [2.05, 4.69) is 9.72 Å². The van der Waals surface area contributed by atoms with Crippen LogP contribution in [0.4, 0.5) is 19.0 Å². The first-order valence-electron chi connectivity index (χ1n) is 5.82. The normalized spacial score (nSPS) is 19.6. The summed E-state index contributed by atoms with van der Waals surface area (Å²) in [5.41, 5.74) is -0.958. The van der Waals surface area contributed by atoms with Crippen LogP contribution >= 0.6 is 0 Å². The van der Waals surface area contributed by atoms with Crippen molar-refractivity contribution in [2.75, 3.05) is 18.6 Å². The first-order chi connectivity index (χ1) is 8.93. The smallest absolute Gasteiger partial charge is 0.433 e. The minimum atomic E-state index is -4.49. The monoisotopic (exact) mass is 274 g/mol. The third-order valence-electron chi connectivity index (χ3n) is 3.05. The van der Waals surface area contributed by atoms with E-state index in [4.69, 9.17) is 0 Å². The topological polar surface area (TPSA) is 42.4 Å². The van der Waals surface area contributed by atoms with Crippen LogP contribution < -0.4 is 4.90 Å². The first kappa shape index (κ1) is 13.6. The summed E-state index contributed by atoms with van der Waals surface area (Å²) in [6.07, 6.45) is -3.21. The van der Waals surface area contributed by atoms with Crippen LogP contribution in [0.3, 0.4) is 0 Å². The number of alkyl halides is 3. The Morgan fingerprint density at radius 2 is 2.21 bits per heavy atom. The lowest BCUT2D eigenvalue weighted by molar-refractivity contribution is -0.142. The zero-order valence-electron chi connectivity index (χ0n) is 10.3. The Labute approximate surface area is 108 Å². The molecule has 104 valence electrons. The van der Waals surface area contributed by atoms with Crippen molar-refractivity contribution in [3.63, 3.8) is 0 Å². The maximum atomic E-state index is 12.6. The molecule has 2 heterocycles. The van der Waals surface area contributed by atoms with E-state index in [0.717, 1.165) is 12.5 Å². The van der Waals surface area contributed by atoms with E-state index >= 15 is 0 Å². The Morgan fingerprint density at radius 1 is 1.47 bits per heavy atom. The number of pyridine rings is 1. The average molecular weight is 274 g/mol. The Morgan fingerprint density at radius 3 is 2.84 bits per heavy atom. The van der Waals surface area contributed by atoms with Gasteiger partial charge >= 0.3 is 12.1 Å². The van der Waals surface area contributed by atoms with Gasteiger partial charge in [-0.3, -0.25) is 0 Å². The molecule has 1 aliphatic rings. The lowest BCUT2D eigenvalue weighted by Crippen LogP contribution is -2.37. The van der Waals surface area contributed by atoms with Gasteiger partial charge in [-0.1, -0.05) is 6.07 Å². The predicted octanol–water partition coefficient (Wildman–Crippen LogP) is 2.24. The van der Waals surface area contributed by atoms with Gasteiger partial charge in [0.1, 0.15) is 17.6 Å². The molecule has 1 atom stereocenters. The second-order valence-electron chi connectivity index (χ2n) is 4.25. The largest absolute Gasteiger partial charge is 0.467 e. The van der Waals surface area contributed by atoms with Crippen LogP contribution in [0.25, 0.3) is 0 Å². The molecule has 0 amide bonds. The molecule has 1 aromatic heterocycles. The number of carbonyl (C=O) groups excluding carboxylic acids is 1. The fourth-order valence-electron chi connectivity index (χ4n) is 2.16. The van der Waals surface area contributed by atoms with E-state index in [0.29, 0.717) is 13.0 Å². The van der Waals surface area contributed by atoms with E-state index in [1.807, 2.05) is 0 Å². The molecular formula is C12H13F3N2O2. The van der Waals surface area contributed by atoms with Gasteiger partial charge in [0.05, 0.1) is 7.11 Å². The Kier molecular flexibility index (Phi) is 3.64. The van der Waals surface area contributed by atoms with Crippen molar-refractivity contribution in [2.45, 2.75) is 25.1 Å². The number of hydrogen-bond donors (Lipinski definition) is 0. The summed E-state index contributed by atoms with van der Waals surface area (Å²) < 4.78 is 42.5. The minimum Gasteiger partial charge on any atom is -0.467 e. The summed E-state index contributed by atoms with van der Waals surface area (Å²) in [6, 6.07) is 3.11. The molecule has 0 bridgehead atoms. The van der Waals surface area contributed by atoms with E-state index in [-0.39, 0.29) is 5.82 Å². The zero-order chi connectivity index (χ0) is 14.0. The van der Waals surface area contributed by atoms with Gasteiger partial charge in [-0.05, 0) is 25.0 Å². The van der Waals surface area contributed by atoms with E-state index in [1.165, 1.54) is 19.2 Å². The number of halogens is 3. The molecule has 1 fully saturated rings. The van der Waals surface area contributed by atoms with Crippen LogP contribution in [-0.2, 0) is 15.7 Å². The summed E-state index contributed by atoms with van der Waals surface area (Å²) in [5, 5.41) is 0. The van der Waals surface area contributed by atoms with Gasteiger partial charge in [-0.2, -0.15) is 13.2 Å². The predicted molar refractivity (Wildman–Crippen MR) is 61.6 cm³/mol. The van der Waals surface area contributed by atoms with Crippen molar-refractivity contribution in [3.8, 4) is 0 Å². The third-order valence-corrected chi connectivity index (χ3v) is 3.05. The molecule has 0 N–H and O–H groups in total. The molecule has 0 spiro atoms. The molecule has 0 aliphatic carbocycles. The number of anilines is 1. The summed E-state index contributed by atoms with van der Waals surface area (Å²) in [6.45, 7) is 0.494. The van der Waals surface area contributed by atoms with Crippen LogP contribution in [0.2, 0.25) is 0 Å². The van der Waals surface area contributed by atoms with Crippen LogP contribution in [0, 0.1) is 0 Å². The molecule has 0 aromatic carbocycles. The van der Waals surface area contributed by atoms with Gasteiger partial charge < -0.3 is 9.64 Å². The number of esters is 1. The second kappa shape index (κ2) is 5.07. The highest BCUT2D eigenvalue weighted by Gasteiger charge is 2.36. The fourth-order valence-corrected chi connectivity index (χ4v) is 2.16. The molecule has 4 nitrogen and oxygen atoms in total. The summed E-state index contributed by atoms with van der Waals surface area (Å²) >= 11 is 0. The summed E-state index contributed by atoms with van der Waals surface area (Å²) in [7, 11) is 1.26. The molecule has 1 saturated heterocycles. The van der Waals surface area contributed by atoms with Gasteiger partial charge in [-0.15, -0.1) is 0 Å². The second-order valence-corrected chi connectivity index (χ2v) is 4.25. The standard InChI is InChI=1S/C12H13F3N2O2/c1-19-11(18)8-4-3-7-17(8)10-6-2-5-9(16-10)12(13,14)15/h2,5-6,8H,3-4,7H2,1H3. The van der Waals surface area contributed by atoms with Crippen molar-refractivity contribution < 1.29 is 22.7 Å². The van der Waals surface area contributed by atoms with Gasteiger partial charge in [0, 0.05) is 6.54 Å². The number of methoxy groups -OCH3 is 1. The van der Waals surface area contributed by atoms with Crippen LogP contribution in [0.1, 0.15) is 18.5 Å². The number of nitrogens with zero attached hydrogens (tertiary/aromatic N) is 2. The van der Waals surface area contributed by atoms with Crippen molar-refractivity contribution in [2.24, 2.45) is 0 Å². The maximum Gasteiger partial charge on any atom is 0.433 e. The van der Waals surface area contributed by atoms with E-state index in [1.54, 1.807) is 4.90 Å². The molecule has 2 rings (SSSR count). The minimum absolute atomic E-state index is 0.155. The van der Waals surface area contributed by atoms with Crippen LogP contribution in [-0.4, -0.2) is 30.6 Å². The molecule has 1 aliphatic heterocycles. The highest BCUT2D eigenvalue weighted by atomic mass is 19.4. The van der Waals surface area contributed by atoms with Crippen LogP contribution in [0.5, 0.6) is 0 Å². The summed E-state index contributed by atoms with van der Waals surface area (Å²) in [4.78, 5) is 16.7. The number of aromatic nitrogens is 1. The SMILES string of the molecule is COC(=O)C1CCCN1c1cccc(C(F)(F)F)n1. The maximum absolute atomic E-state index is 12.6. The molecule has 0 saturated carbocycles. The van der Waals surface area contributed by atoms with Gasteiger partial charge in [-0.25, -0.2) is 9.78 Å². The molecule has 19 heavy (non-hydrogen) atoms. The molecule has 1 unspecified atom stereocenters. The van der Waals surface area contributed by atoms with Crippen molar-refractivity contribution in [1.82, 2.24) is 4.98 Å². The number of carbonyl (C=O) groups is 1. The molecule has 7 heteroatoms. The Bertz CT molecular complexity index is 476. The lowest BCUT2D eigenvalue weighted by atomic mass is 10.2. The number of ether oxygens (including phenoxy) is 1. The average Bonchev–Trinajstić information content (AvgIpc) is 2.86. The van der Waals surface area contributed by atoms with E-state index in [9.17, 15) is 18.0 Å². The van der Waals surface area contributed by atoms with Crippen molar-refractivity contribution in [3.05, 3.63) is 23.9 Å². The van der Waals surface area contributed by atoms with Crippen LogP contribution in [0.15, 0.2) is 18.2 Å². The van der Waals surface area contributed by atoms with Gasteiger partial charge in [0.25, 0.3) is 0 Å².